The molecule has 6 nitrogen and oxygen atoms in total. The molecular weight excluding hydrogens is 332 g/mol. The average molecular weight is 354 g/mol. The van der Waals surface area contributed by atoms with E-state index in [-0.39, 0.29) is 6.03 Å². The lowest BCUT2D eigenvalue weighted by molar-refractivity contribution is -0.141. The lowest BCUT2D eigenvalue weighted by Crippen LogP contribution is -2.48. The molecule has 0 aliphatic rings. The summed E-state index contributed by atoms with van der Waals surface area (Å²) in [6, 6.07) is 15.8. The molecule has 2 amide bonds. The molecular formula is C20H22N2O4. The fourth-order valence-corrected chi connectivity index (χ4v) is 2.41. The maximum Gasteiger partial charge on any atom is 0.332 e. The second-order valence-corrected chi connectivity index (χ2v) is 5.49. The first-order valence-corrected chi connectivity index (χ1v) is 8.07. The molecule has 0 aliphatic carbocycles. The number of benzene rings is 2. The number of methoxy groups -OCH3 is 1. The fourth-order valence-electron chi connectivity index (χ4n) is 2.41. The Morgan fingerprint density at radius 3 is 2.19 bits per heavy atom. The second-order valence-electron chi connectivity index (χ2n) is 5.49. The summed E-state index contributed by atoms with van der Waals surface area (Å²) in [6.07, 6.45) is 0.258. The Hall–Kier alpha value is -3.28. The summed E-state index contributed by atoms with van der Waals surface area (Å²) < 4.78 is 10.4. The molecule has 0 N–H and O–H groups in total. The number of hydrogen-bond donors (Lipinski definition) is 0. The van der Waals surface area contributed by atoms with Crippen molar-refractivity contribution in [2.24, 2.45) is 0 Å². The Morgan fingerprint density at radius 2 is 1.65 bits per heavy atom. The molecule has 6 heteroatoms. The summed E-state index contributed by atoms with van der Waals surface area (Å²) in [6.45, 7) is 5.02. The number of carbonyl (C=O) groups excluding carboxylic acids is 2. The molecule has 0 bridgehead atoms. The Labute approximate surface area is 153 Å². The van der Waals surface area contributed by atoms with Gasteiger partial charge in [0.15, 0.2) is 6.23 Å². The van der Waals surface area contributed by atoms with Crippen LogP contribution in [0.4, 0.5) is 16.2 Å². The molecule has 0 aromatic heterocycles. The van der Waals surface area contributed by atoms with Crippen molar-refractivity contribution in [3.63, 3.8) is 0 Å². The van der Waals surface area contributed by atoms with Crippen LogP contribution in [0.2, 0.25) is 0 Å². The van der Waals surface area contributed by atoms with Gasteiger partial charge in [-0.3, -0.25) is 9.80 Å². The van der Waals surface area contributed by atoms with Gasteiger partial charge in [-0.2, -0.15) is 0 Å². The van der Waals surface area contributed by atoms with Crippen molar-refractivity contribution in [3.05, 3.63) is 67.3 Å². The average Bonchev–Trinajstić information content (AvgIpc) is 2.68. The molecule has 0 fully saturated rings. The molecule has 1 atom stereocenters. The Kier molecular flexibility index (Phi) is 6.38. The van der Waals surface area contributed by atoms with Gasteiger partial charge in [0.05, 0.1) is 7.11 Å². The van der Waals surface area contributed by atoms with Crippen molar-refractivity contribution in [2.75, 3.05) is 24.0 Å². The number of anilines is 2. The molecule has 0 saturated carbocycles. The van der Waals surface area contributed by atoms with Gasteiger partial charge >= 0.3 is 12.0 Å². The predicted molar refractivity (Wildman–Crippen MR) is 101 cm³/mol. The minimum Gasteiger partial charge on any atom is -0.497 e. The highest BCUT2D eigenvalue weighted by molar-refractivity contribution is 6.03. The number of esters is 1. The zero-order chi connectivity index (χ0) is 19.1. The van der Waals surface area contributed by atoms with Gasteiger partial charge in [0, 0.05) is 24.5 Å². The lowest BCUT2D eigenvalue weighted by Gasteiger charge is -2.32. The maximum absolute atomic E-state index is 13.1. The van der Waals surface area contributed by atoms with E-state index in [1.807, 2.05) is 18.2 Å². The smallest absolute Gasteiger partial charge is 0.332 e. The number of para-hydroxylation sites is 1. The van der Waals surface area contributed by atoms with Crippen LogP contribution in [0.25, 0.3) is 0 Å². The van der Waals surface area contributed by atoms with Crippen molar-refractivity contribution in [3.8, 4) is 5.75 Å². The minimum absolute atomic E-state index is 0.342. The highest BCUT2D eigenvalue weighted by Gasteiger charge is 2.27. The van der Waals surface area contributed by atoms with Crippen molar-refractivity contribution >= 4 is 23.4 Å². The predicted octanol–water partition coefficient (Wildman–Crippen LogP) is 3.83. The topological polar surface area (TPSA) is 59.1 Å². The standard InChI is InChI=1S/C20H22N2O4/c1-5-19(23)26-15(2)22(17-9-7-6-8-10-17)20(24)21(3)16-11-13-18(25-4)14-12-16/h5-15H,1H2,2-4H3. The first-order chi connectivity index (χ1) is 12.5. The largest absolute Gasteiger partial charge is 0.497 e. The van der Waals surface area contributed by atoms with Crippen LogP contribution in [-0.4, -0.2) is 32.4 Å². The molecule has 2 aromatic rings. The summed E-state index contributed by atoms with van der Waals surface area (Å²) in [5.41, 5.74) is 1.29. The second kappa shape index (κ2) is 8.71. The SMILES string of the molecule is C=CC(=O)OC(C)N(C(=O)N(C)c1ccc(OC)cc1)c1ccccc1. The highest BCUT2D eigenvalue weighted by atomic mass is 16.6. The molecule has 2 rings (SSSR count). The number of hydrogen-bond acceptors (Lipinski definition) is 4. The van der Waals surface area contributed by atoms with Crippen LogP contribution in [-0.2, 0) is 9.53 Å². The maximum atomic E-state index is 13.1. The van der Waals surface area contributed by atoms with E-state index in [4.69, 9.17) is 9.47 Å². The fraction of sp³-hybridized carbons (Fsp3) is 0.200. The third-order valence-corrected chi connectivity index (χ3v) is 3.80. The zero-order valence-corrected chi connectivity index (χ0v) is 15.1. The van der Waals surface area contributed by atoms with Gasteiger partial charge in [0.1, 0.15) is 5.75 Å². The van der Waals surface area contributed by atoms with E-state index >= 15 is 0 Å². The summed E-state index contributed by atoms with van der Waals surface area (Å²) in [5, 5.41) is 0. The van der Waals surface area contributed by atoms with E-state index in [2.05, 4.69) is 6.58 Å². The van der Waals surface area contributed by atoms with Gasteiger partial charge in [0.25, 0.3) is 0 Å². The van der Waals surface area contributed by atoms with E-state index < -0.39 is 12.2 Å². The zero-order valence-electron chi connectivity index (χ0n) is 15.1. The number of ether oxygens (including phenoxy) is 2. The van der Waals surface area contributed by atoms with E-state index in [1.54, 1.807) is 57.5 Å². The van der Waals surface area contributed by atoms with E-state index in [0.29, 0.717) is 17.1 Å². The van der Waals surface area contributed by atoms with Crippen LogP contribution >= 0.6 is 0 Å². The molecule has 136 valence electrons. The van der Waals surface area contributed by atoms with Crippen LogP contribution < -0.4 is 14.5 Å². The van der Waals surface area contributed by atoms with Crippen molar-refractivity contribution in [2.45, 2.75) is 13.2 Å². The highest BCUT2D eigenvalue weighted by Crippen LogP contribution is 2.24. The molecule has 1 unspecified atom stereocenters. The molecule has 0 heterocycles. The van der Waals surface area contributed by atoms with Crippen molar-refractivity contribution in [1.82, 2.24) is 0 Å². The van der Waals surface area contributed by atoms with Crippen LogP contribution in [0, 0.1) is 0 Å². The van der Waals surface area contributed by atoms with Gasteiger partial charge in [-0.1, -0.05) is 24.8 Å². The van der Waals surface area contributed by atoms with E-state index in [0.717, 1.165) is 6.08 Å². The first kappa shape index (κ1) is 19.1. The minimum atomic E-state index is -0.809. The Balaban J connectivity index is 2.32. The summed E-state index contributed by atoms with van der Waals surface area (Å²) in [4.78, 5) is 27.6. The van der Waals surface area contributed by atoms with Gasteiger partial charge in [-0.05, 0) is 43.3 Å². The molecule has 0 radical (unpaired) electrons. The molecule has 0 spiro atoms. The van der Waals surface area contributed by atoms with Crippen molar-refractivity contribution in [1.29, 1.82) is 0 Å². The molecule has 0 saturated heterocycles. The third kappa shape index (κ3) is 4.42. The quantitative estimate of drug-likeness (QED) is 0.449. The van der Waals surface area contributed by atoms with E-state index in [9.17, 15) is 9.59 Å². The van der Waals surface area contributed by atoms with Gasteiger partial charge in [0.2, 0.25) is 0 Å². The van der Waals surface area contributed by atoms with Gasteiger partial charge in [-0.25, -0.2) is 9.59 Å². The van der Waals surface area contributed by atoms with Crippen molar-refractivity contribution < 1.29 is 19.1 Å². The number of urea groups is 1. The third-order valence-electron chi connectivity index (χ3n) is 3.80. The van der Waals surface area contributed by atoms with Gasteiger partial charge in [-0.15, -0.1) is 0 Å². The number of amides is 2. The number of rotatable bonds is 6. The monoisotopic (exact) mass is 354 g/mol. The molecule has 0 aliphatic heterocycles. The van der Waals surface area contributed by atoms with Crippen LogP contribution in [0.1, 0.15) is 6.92 Å². The number of nitrogens with zero attached hydrogens (tertiary/aromatic N) is 2. The molecule has 26 heavy (non-hydrogen) atoms. The summed E-state index contributed by atoms with van der Waals surface area (Å²) in [7, 11) is 3.23. The normalized spacial score (nSPS) is 11.2. The van der Waals surface area contributed by atoms with Crippen LogP contribution in [0.15, 0.2) is 67.3 Å². The Bertz CT molecular complexity index is 759. The first-order valence-electron chi connectivity index (χ1n) is 8.07. The number of carbonyl (C=O) groups is 2. The van der Waals surface area contributed by atoms with E-state index in [1.165, 1.54) is 9.80 Å². The Morgan fingerprint density at radius 1 is 1.04 bits per heavy atom. The lowest BCUT2D eigenvalue weighted by atomic mass is 10.2. The summed E-state index contributed by atoms with van der Waals surface area (Å²) >= 11 is 0. The van der Waals surface area contributed by atoms with Crippen LogP contribution in [0.3, 0.4) is 0 Å². The van der Waals surface area contributed by atoms with Gasteiger partial charge < -0.3 is 9.47 Å². The van der Waals surface area contributed by atoms with Crippen LogP contribution in [0.5, 0.6) is 5.75 Å². The summed E-state index contributed by atoms with van der Waals surface area (Å²) in [5.74, 6) is 0.0983. The molecule has 2 aromatic carbocycles.